The Labute approximate surface area is 159 Å². The molecule has 0 unspecified atom stereocenters. The molecular formula is C17H19N7O2S. The van der Waals surface area contributed by atoms with Gasteiger partial charge in [0.2, 0.25) is 11.1 Å². The van der Waals surface area contributed by atoms with Crippen molar-refractivity contribution >= 4 is 17.7 Å². The molecule has 0 aliphatic heterocycles. The van der Waals surface area contributed by atoms with E-state index < -0.39 is 0 Å². The molecule has 3 rings (SSSR count). The predicted molar refractivity (Wildman–Crippen MR) is 102 cm³/mol. The number of rotatable bonds is 7. The van der Waals surface area contributed by atoms with E-state index in [0.29, 0.717) is 23.1 Å². The molecular weight excluding hydrogens is 366 g/mol. The van der Waals surface area contributed by atoms with Crippen LogP contribution in [0, 0.1) is 6.92 Å². The van der Waals surface area contributed by atoms with E-state index in [1.54, 1.807) is 22.5 Å². The van der Waals surface area contributed by atoms with Crippen molar-refractivity contribution in [3.63, 3.8) is 0 Å². The van der Waals surface area contributed by atoms with Gasteiger partial charge in [0.15, 0.2) is 5.69 Å². The second-order valence-corrected chi connectivity index (χ2v) is 6.61. The van der Waals surface area contributed by atoms with Crippen LogP contribution < -0.4 is 10.9 Å². The van der Waals surface area contributed by atoms with Gasteiger partial charge in [-0.05, 0) is 29.5 Å². The molecule has 9 nitrogen and oxygen atoms in total. The molecule has 2 aromatic heterocycles. The van der Waals surface area contributed by atoms with E-state index in [-0.39, 0.29) is 17.2 Å². The highest BCUT2D eigenvalue weighted by molar-refractivity contribution is 7.99. The molecule has 0 bridgehead atoms. The van der Waals surface area contributed by atoms with Gasteiger partial charge in [0.1, 0.15) is 0 Å². The molecule has 3 aromatic rings. The Morgan fingerprint density at radius 2 is 2.07 bits per heavy atom. The van der Waals surface area contributed by atoms with Gasteiger partial charge in [0.05, 0.1) is 17.1 Å². The summed E-state index contributed by atoms with van der Waals surface area (Å²) in [6.07, 6.45) is 1.60. The Morgan fingerprint density at radius 1 is 1.33 bits per heavy atom. The highest BCUT2D eigenvalue weighted by Crippen LogP contribution is 2.19. The smallest absolute Gasteiger partial charge is 0.297 e. The van der Waals surface area contributed by atoms with E-state index in [1.165, 1.54) is 4.68 Å². The number of hydrogen-bond acceptors (Lipinski definition) is 6. The molecule has 1 aromatic carbocycles. The molecule has 10 heteroatoms. The van der Waals surface area contributed by atoms with Crippen LogP contribution in [-0.4, -0.2) is 47.8 Å². The van der Waals surface area contributed by atoms with Crippen molar-refractivity contribution in [2.45, 2.75) is 12.1 Å². The quantitative estimate of drug-likeness (QED) is 0.478. The van der Waals surface area contributed by atoms with Crippen LogP contribution in [0.25, 0.3) is 11.4 Å². The fourth-order valence-electron chi connectivity index (χ4n) is 2.57. The maximum Gasteiger partial charge on any atom is 0.297 e. The number of benzene rings is 1. The Bertz CT molecular complexity index is 1020. The van der Waals surface area contributed by atoms with E-state index >= 15 is 0 Å². The van der Waals surface area contributed by atoms with E-state index in [4.69, 9.17) is 0 Å². The number of carbonyl (C=O) groups excluding carboxylic acids is 1. The first-order chi connectivity index (χ1) is 13.0. The van der Waals surface area contributed by atoms with Crippen LogP contribution in [0.15, 0.2) is 52.9 Å². The fraction of sp³-hybridized carbons (Fsp3) is 0.235. The maximum absolute atomic E-state index is 13.1. The van der Waals surface area contributed by atoms with Gasteiger partial charge >= 0.3 is 0 Å². The van der Waals surface area contributed by atoms with E-state index in [0.717, 1.165) is 17.4 Å². The van der Waals surface area contributed by atoms with Gasteiger partial charge in [-0.15, -0.1) is 11.7 Å². The number of amides is 1. The Hall–Kier alpha value is -3.14. The Balaban J connectivity index is 1.95. The van der Waals surface area contributed by atoms with E-state index in [1.807, 2.05) is 37.3 Å². The van der Waals surface area contributed by atoms with Crippen molar-refractivity contribution in [1.29, 1.82) is 0 Å². The van der Waals surface area contributed by atoms with Gasteiger partial charge in [0.25, 0.3) is 5.56 Å². The molecule has 0 saturated carbocycles. The summed E-state index contributed by atoms with van der Waals surface area (Å²) >= 11 is 1.16. The molecule has 0 aliphatic carbocycles. The van der Waals surface area contributed by atoms with Crippen molar-refractivity contribution in [2.24, 2.45) is 7.05 Å². The zero-order valence-electron chi connectivity index (χ0n) is 15.0. The molecule has 0 saturated heterocycles. The standard InChI is InChI=1S/C17H19N7O2S/c1-4-10-18-14(25)11-27-17-19-20-21-23(17)15-12(2)22(3)24(16(15)26)13-8-6-5-7-9-13/h4-9H,1,10-11H2,2-3H3,(H,18,25). The van der Waals surface area contributed by atoms with Crippen molar-refractivity contribution in [3.8, 4) is 11.4 Å². The zero-order valence-corrected chi connectivity index (χ0v) is 15.8. The monoisotopic (exact) mass is 385 g/mol. The summed E-state index contributed by atoms with van der Waals surface area (Å²) in [5.74, 6) is -0.0339. The topological polar surface area (TPSA) is 99.6 Å². The van der Waals surface area contributed by atoms with Crippen LogP contribution in [0.1, 0.15) is 5.69 Å². The third kappa shape index (κ3) is 3.70. The van der Waals surface area contributed by atoms with Crippen molar-refractivity contribution in [3.05, 3.63) is 59.0 Å². The van der Waals surface area contributed by atoms with Crippen LogP contribution in [0.3, 0.4) is 0 Å². The number of hydrogen-bond donors (Lipinski definition) is 1. The van der Waals surface area contributed by atoms with Crippen molar-refractivity contribution < 1.29 is 4.79 Å². The van der Waals surface area contributed by atoms with Crippen LogP contribution >= 0.6 is 11.8 Å². The number of para-hydroxylation sites is 1. The fourth-order valence-corrected chi connectivity index (χ4v) is 3.28. The van der Waals surface area contributed by atoms with Crippen molar-refractivity contribution in [2.75, 3.05) is 12.3 Å². The second kappa shape index (κ2) is 8.04. The molecule has 1 N–H and O–H groups in total. The molecule has 140 valence electrons. The molecule has 27 heavy (non-hydrogen) atoms. The number of carbonyl (C=O) groups is 1. The third-order valence-corrected chi connectivity index (χ3v) is 4.87. The lowest BCUT2D eigenvalue weighted by Gasteiger charge is -2.07. The van der Waals surface area contributed by atoms with Gasteiger partial charge in [0, 0.05) is 13.6 Å². The first-order valence-corrected chi connectivity index (χ1v) is 9.16. The summed E-state index contributed by atoms with van der Waals surface area (Å²) in [6.45, 7) is 5.77. The summed E-state index contributed by atoms with van der Waals surface area (Å²) in [5.41, 5.74) is 1.55. The van der Waals surface area contributed by atoms with Gasteiger partial charge < -0.3 is 5.32 Å². The molecule has 0 fully saturated rings. The Kier molecular flexibility index (Phi) is 5.55. The highest BCUT2D eigenvalue weighted by atomic mass is 32.2. The molecule has 0 radical (unpaired) electrons. The predicted octanol–water partition coefficient (Wildman–Crippen LogP) is 0.854. The van der Waals surface area contributed by atoms with E-state index in [2.05, 4.69) is 27.4 Å². The van der Waals surface area contributed by atoms with Gasteiger partial charge in [-0.2, -0.15) is 4.68 Å². The van der Waals surface area contributed by atoms with E-state index in [9.17, 15) is 9.59 Å². The summed E-state index contributed by atoms with van der Waals surface area (Å²) < 4.78 is 4.68. The minimum absolute atomic E-state index is 0.132. The lowest BCUT2D eigenvalue weighted by atomic mass is 10.3. The Morgan fingerprint density at radius 3 is 2.78 bits per heavy atom. The first kappa shape index (κ1) is 18.6. The SMILES string of the molecule is C=CCNC(=O)CSc1nnnn1-c1c(C)n(C)n(-c2ccccc2)c1=O. The molecule has 0 spiro atoms. The minimum Gasteiger partial charge on any atom is -0.352 e. The maximum atomic E-state index is 13.1. The first-order valence-electron chi connectivity index (χ1n) is 8.17. The number of thioether (sulfide) groups is 1. The lowest BCUT2D eigenvalue weighted by Crippen LogP contribution is -2.25. The van der Waals surface area contributed by atoms with Crippen LogP contribution in [0.5, 0.6) is 0 Å². The van der Waals surface area contributed by atoms with Crippen LogP contribution in [0.4, 0.5) is 0 Å². The van der Waals surface area contributed by atoms with Crippen LogP contribution in [0.2, 0.25) is 0 Å². The molecule has 1 amide bonds. The molecule has 0 aliphatic rings. The second-order valence-electron chi connectivity index (χ2n) is 5.66. The average Bonchev–Trinajstić information content (AvgIpc) is 3.21. The third-order valence-electron chi connectivity index (χ3n) is 3.95. The molecule has 2 heterocycles. The van der Waals surface area contributed by atoms with Gasteiger partial charge in [-0.1, -0.05) is 36.0 Å². The lowest BCUT2D eigenvalue weighted by molar-refractivity contribution is -0.118. The molecule has 0 atom stereocenters. The summed E-state index contributed by atoms with van der Waals surface area (Å²) in [4.78, 5) is 24.9. The average molecular weight is 385 g/mol. The minimum atomic E-state index is -0.244. The van der Waals surface area contributed by atoms with Gasteiger partial charge in [-0.3, -0.25) is 14.3 Å². The highest BCUT2D eigenvalue weighted by Gasteiger charge is 2.22. The summed E-state index contributed by atoms with van der Waals surface area (Å²) in [5, 5.41) is 14.6. The number of tetrazole rings is 1. The zero-order chi connectivity index (χ0) is 19.4. The summed E-state index contributed by atoms with van der Waals surface area (Å²) in [7, 11) is 1.80. The number of aromatic nitrogens is 6. The number of nitrogens with one attached hydrogen (secondary N) is 1. The number of nitrogens with zero attached hydrogens (tertiary/aromatic N) is 6. The van der Waals surface area contributed by atoms with Crippen molar-refractivity contribution in [1.82, 2.24) is 34.9 Å². The van der Waals surface area contributed by atoms with Crippen LogP contribution in [-0.2, 0) is 11.8 Å². The largest absolute Gasteiger partial charge is 0.352 e. The summed E-state index contributed by atoms with van der Waals surface area (Å²) in [6, 6.07) is 9.32. The normalized spacial score (nSPS) is 10.7. The van der Waals surface area contributed by atoms with Gasteiger partial charge in [-0.25, -0.2) is 4.68 Å².